The summed E-state index contributed by atoms with van der Waals surface area (Å²) in [5.41, 5.74) is 1.95. The Labute approximate surface area is 194 Å². The summed E-state index contributed by atoms with van der Waals surface area (Å²) >= 11 is 7.05. The molecule has 4 rings (SSSR count). The smallest absolute Gasteiger partial charge is 0.325 e. The molecule has 1 aliphatic heterocycles. The molecule has 2 aromatic carbocycles. The zero-order valence-corrected chi connectivity index (χ0v) is 18.9. The van der Waals surface area contributed by atoms with Crippen molar-refractivity contribution in [2.75, 3.05) is 48.8 Å². The average Bonchev–Trinajstić information content (AvgIpc) is 3.28. The Kier molecular flexibility index (Phi) is 6.77. The van der Waals surface area contributed by atoms with Gasteiger partial charge in [0.1, 0.15) is 11.4 Å². The second-order valence-corrected chi connectivity index (χ2v) is 8.37. The number of hydrogen-bond donors (Lipinski definition) is 2. The number of thiazole rings is 1. The van der Waals surface area contributed by atoms with Crippen LogP contribution in [-0.2, 0) is 0 Å². The Balaban J connectivity index is 1.32. The fraction of sp³-hybridized carbons (Fsp3) is 0.227. The molecule has 3 aromatic rings. The van der Waals surface area contributed by atoms with Gasteiger partial charge in [0.2, 0.25) is 0 Å². The number of carbonyl (C=O) groups excluding carboxylic acids is 2. The maximum Gasteiger partial charge on any atom is 0.325 e. The Bertz CT molecular complexity index is 1100. The van der Waals surface area contributed by atoms with Gasteiger partial charge in [0, 0.05) is 42.3 Å². The van der Waals surface area contributed by atoms with Gasteiger partial charge in [0.15, 0.2) is 5.13 Å². The molecule has 1 saturated heterocycles. The van der Waals surface area contributed by atoms with Gasteiger partial charge in [-0.2, -0.15) is 0 Å². The van der Waals surface area contributed by atoms with Crippen molar-refractivity contribution in [3.63, 3.8) is 0 Å². The number of hydrogen-bond acceptors (Lipinski definition) is 6. The molecular weight excluding hydrogens is 450 g/mol. The van der Waals surface area contributed by atoms with Crippen LogP contribution >= 0.6 is 22.9 Å². The predicted molar refractivity (Wildman–Crippen MR) is 127 cm³/mol. The summed E-state index contributed by atoms with van der Waals surface area (Å²) in [6.07, 6.45) is 0. The molecule has 0 spiro atoms. The van der Waals surface area contributed by atoms with Gasteiger partial charge < -0.3 is 19.9 Å². The third-order valence-corrected chi connectivity index (χ3v) is 6.05. The quantitative estimate of drug-likeness (QED) is 0.575. The predicted octanol–water partition coefficient (Wildman–Crippen LogP) is 4.41. The minimum atomic E-state index is -0.439. The largest absolute Gasteiger partial charge is 0.495 e. The lowest BCUT2D eigenvalue weighted by Gasteiger charge is -2.36. The SMILES string of the molecule is COc1ccccc1N1CCN(C(=O)c2csc(NC(=O)Nc3ccc(Cl)cc3)n2)CC1. The molecule has 1 aliphatic rings. The topological polar surface area (TPSA) is 86.8 Å². The number of benzene rings is 2. The monoisotopic (exact) mass is 471 g/mol. The first-order valence-electron chi connectivity index (χ1n) is 10.00. The summed E-state index contributed by atoms with van der Waals surface area (Å²) in [7, 11) is 1.65. The third-order valence-electron chi connectivity index (χ3n) is 5.04. The van der Waals surface area contributed by atoms with Gasteiger partial charge in [-0.3, -0.25) is 10.1 Å². The van der Waals surface area contributed by atoms with Crippen molar-refractivity contribution >= 4 is 51.4 Å². The number of ether oxygens (including phenoxy) is 1. The van der Waals surface area contributed by atoms with E-state index in [1.54, 1.807) is 41.7 Å². The highest BCUT2D eigenvalue weighted by atomic mass is 35.5. The van der Waals surface area contributed by atoms with Crippen LogP contribution in [0.5, 0.6) is 5.75 Å². The van der Waals surface area contributed by atoms with Crippen molar-refractivity contribution < 1.29 is 14.3 Å². The maximum atomic E-state index is 12.9. The molecule has 2 N–H and O–H groups in total. The molecule has 0 saturated carbocycles. The van der Waals surface area contributed by atoms with E-state index in [1.165, 1.54) is 11.3 Å². The average molecular weight is 472 g/mol. The van der Waals surface area contributed by atoms with Gasteiger partial charge in [0.25, 0.3) is 5.91 Å². The van der Waals surface area contributed by atoms with Crippen molar-refractivity contribution in [2.45, 2.75) is 0 Å². The highest BCUT2D eigenvalue weighted by Gasteiger charge is 2.25. The number of urea groups is 1. The molecular formula is C22H22ClN5O3S. The van der Waals surface area contributed by atoms with Crippen molar-refractivity contribution in [3.05, 3.63) is 64.6 Å². The third kappa shape index (κ3) is 5.12. The first kappa shape index (κ1) is 21.9. The summed E-state index contributed by atoms with van der Waals surface area (Å²) < 4.78 is 5.44. The van der Waals surface area contributed by atoms with Crippen LogP contribution in [0, 0.1) is 0 Å². The first-order valence-corrected chi connectivity index (χ1v) is 11.3. The molecule has 3 amide bonds. The van der Waals surface area contributed by atoms with E-state index in [4.69, 9.17) is 16.3 Å². The Morgan fingerprint density at radius 3 is 2.47 bits per heavy atom. The van der Waals surface area contributed by atoms with Gasteiger partial charge >= 0.3 is 6.03 Å². The summed E-state index contributed by atoms with van der Waals surface area (Å²) in [6, 6.07) is 14.2. The molecule has 0 aliphatic carbocycles. The van der Waals surface area contributed by atoms with Gasteiger partial charge in [-0.05, 0) is 36.4 Å². The summed E-state index contributed by atoms with van der Waals surface area (Å²) in [4.78, 5) is 33.3. The van der Waals surface area contributed by atoms with Crippen molar-refractivity contribution in [2.24, 2.45) is 0 Å². The molecule has 166 valence electrons. The van der Waals surface area contributed by atoms with Crippen LogP contribution in [0.3, 0.4) is 0 Å². The van der Waals surface area contributed by atoms with E-state index in [1.807, 2.05) is 24.3 Å². The van der Waals surface area contributed by atoms with Crippen molar-refractivity contribution in [1.82, 2.24) is 9.88 Å². The second-order valence-electron chi connectivity index (χ2n) is 7.08. The summed E-state index contributed by atoms with van der Waals surface area (Å²) in [6.45, 7) is 2.55. The van der Waals surface area contributed by atoms with E-state index in [-0.39, 0.29) is 5.91 Å². The lowest BCUT2D eigenvalue weighted by atomic mass is 10.2. The zero-order valence-electron chi connectivity index (χ0n) is 17.4. The normalized spacial score (nSPS) is 13.6. The zero-order chi connectivity index (χ0) is 22.5. The number of piperazine rings is 1. The lowest BCUT2D eigenvalue weighted by molar-refractivity contribution is 0.0741. The van der Waals surface area contributed by atoms with Crippen molar-refractivity contribution in [3.8, 4) is 5.75 Å². The Hall–Kier alpha value is -3.30. The van der Waals surface area contributed by atoms with Gasteiger partial charge in [-0.1, -0.05) is 23.7 Å². The number of methoxy groups -OCH3 is 1. The highest BCUT2D eigenvalue weighted by Crippen LogP contribution is 2.28. The molecule has 1 aromatic heterocycles. The van der Waals surface area contributed by atoms with E-state index in [0.717, 1.165) is 11.4 Å². The number of aromatic nitrogens is 1. The molecule has 8 nitrogen and oxygen atoms in total. The second kappa shape index (κ2) is 9.88. The molecule has 0 bridgehead atoms. The standard InChI is InChI=1S/C22H22ClN5O3S/c1-31-19-5-3-2-4-18(19)27-10-12-28(13-11-27)20(29)17-14-32-22(25-17)26-21(30)24-16-8-6-15(23)7-9-16/h2-9,14H,10-13H2,1H3,(H2,24,25,26,30). The minimum Gasteiger partial charge on any atom is -0.495 e. The van der Waals surface area contributed by atoms with Crippen LogP contribution in [0.4, 0.5) is 21.3 Å². The van der Waals surface area contributed by atoms with Crippen molar-refractivity contribution in [1.29, 1.82) is 0 Å². The van der Waals surface area contributed by atoms with Crippen LogP contribution in [-0.4, -0.2) is 55.1 Å². The molecule has 32 heavy (non-hydrogen) atoms. The summed E-state index contributed by atoms with van der Waals surface area (Å²) in [5.74, 6) is 0.673. The first-order chi connectivity index (χ1) is 15.5. The molecule has 0 radical (unpaired) electrons. The van der Waals surface area contributed by atoms with Crippen LogP contribution in [0.1, 0.15) is 10.5 Å². The van der Waals surface area contributed by atoms with E-state index in [9.17, 15) is 9.59 Å². The number of nitrogens with zero attached hydrogens (tertiary/aromatic N) is 3. The van der Waals surface area contributed by atoms with Crippen LogP contribution in [0.25, 0.3) is 0 Å². The lowest BCUT2D eigenvalue weighted by Crippen LogP contribution is -2.49. The van der Waals surface area contributed by atoms with Gasteiger partial charge in [0.05, 0.1) is 12.8 Å². The van der Waals surface area contributed by atoms with Gasteiger partial charge in [-0.15, -0.1) is 11.3 Å². The van der Waals surface area contributed by atoms with Crippen LogP contribution in [0.2, 0.25) is 5.02 Å². The van der Waals surface area contributed by atoms with Crippen LogP contribution in [0.15, 0.2) is 53.9 Å². The Morgan fingerprint density at radius 1 is 1.03 bits per heavy atom. The van der Waals surface area contributed by atoms with Gasteiger partial charge in [-0.25, -0.2) is 9.78 Å². The maximum absolute atomic E-state index is 12.9. The van der Waals surface area contributed by atoms with E-state index >= 15 is 0 Å². The molecule has 1 fully saturated rings. The number of amides is 3. The number of halogens is 1. The fourth-order valence-corrected chi connectivity index (χ4v) is 4.23. The number of anilines is 3. The van der Waals surface area contributed by atoms with E-state index in [0.29, 0.717) is 47.7 Å². The van der Waals surface area contributed by atoms with E-state index in [2.05, 4.69) is 20.5 Å². The minimum absolute atomic E-state index is 0.146. The molecule has 2 heterocycles. The summed E-state index contributed by atoms with van der Waals surface area (Å²) in [5, 5.41) is 7.95. The highest BCUT2D eigenvalue weighted by molar-refractivity contribution is 7.14. The molecule has 0 unspecified atom stereocenters. The van der Waals surface area contributed by atoms with Crippen LogP contribution < -0.4 is 20.3 Å². The fourth-order valence-electron chi connectivity index (χ4n) is 3.43. The number of para-hydroxylation sites is 2. The molecule has 10 heteroatoms. The number of nitrogens with one attached hydrogen (secondary N) is 2. The Morgan fingerprint density at radius 2 is 1.75 bits per heavy atom. The van der Waals surface area contributed by atoms with E-state index < -0.39 is 6.03 Å². The number of carbonyl (C=O) groups is 2. The number of rotatable bonds is 5. The molecule has 0 atom stereocenters.